The number of hydrogen-bond donors (Lipinski definition) is 2. The van der Waals surface area contributed by atoms with E-state index < -0.39 is 5.54 Å². The Morgan fingerprint density at radius 1 is 1.35 bits per heavy atom. The number of rotatable bonds is 4. The maximum Gasteiger partial charge on any atom is 0.237 e. The minimum absolute atomic E-state index is 0.532. The smallest absolute Gasteiger partial charge is 0.237 e. The van der Waals surface area contributed by atoms with Crippen LogP contribution in [-0.2, 0) is 11.3 Å². The van der Waals surface area contributed by atoms with E-state index in [9.17, 15) is 0 Å². The number of H-pyrrole nitrogens is 1. The first-order valence-electron chi connectivity index (χ1n) is 6.35. The third-order valence-corrected chi connectivity index (χ3v) is 3.82. The first-order chi connectivity index (χ1) is 9.52. The monoisotopic (exact) mass is 288 g/mol. The van der Waals surface area contributed by atoms with Gasteiger partial charge in [0, 0.05) is 10.9 Å². The van der Waals surface area contributed by atoms with Crippen molar-refractivity contribution in [3.8, 4) is 0 Å². The van der Waals surface area contributed by atoms with Crippen LogP contribution in [0.5, 0.6) is 0 Å². The molecule has 2 aromatic heterocycles. The van der Waals surface area contributed by atoms with Gasteiger partial charge in [-0.25, -0.2) is 0 Å². The summed E-state index contributed by atoms with van der Waals surface area (Å²) >= 11 is 1.63. The molecule has 0 bridgehead atoms. The van der Waals surface area contributed by atoms with Crippen molar-refractivity contribution in [1.82, 2.24) is 15.1 Å². The fraction of sp³-hybridized carbons (Fsp3) is 0.286. The minimum Gasteiger partial charge on any atom is -0.350 e. The van der Waals surface area contributed by atoms with Gasteiger partial charge in [0.05, 0.1) is 16.3 Å². The second kappa shape index (κ2) is 4.96. The van der Waals surface area contributed by atoms with Crippen molar-refractivity contribution in [2.45, 2.75) is 30.2 Å². The molecule has 0 saturated heterocycles. The van der Waals surface area contributed by atoms with E-state index in [1.807, 2.05) is 26.0 Å². The highest BCUT2D eigenvalue weighted by molar-refractivity contribution is 7.98. The van der Waals surface area contributed by atoms with Gasteiger partial charge in [-0.15, -0.1) is 0 Å². The molecule has 0 unspecified atom stereocenters. The number of fused-ring (bicyclic) bond motifs is 1. The third-order valence-electron chi connectivity index (χ3n) is 2.90. The van der Waals surface area contributed by atoms with E-state index in [-0.39, 0.29) is 0 Å². The van der Waals surface area contributed by atoms with Crippen LogP contribution in [0.3, 0.4) is 0 Å². The Labute approximate surface area is 120 Å². The summed E-state index contributed by atoms with van der Waals surface area (Å²) in [7, 11) is 0. The highest BCUT2D eigenvalue weighted by Gasteiger charge is 2.21. The third kappa shape index (κ3) is 2.71. The van der Waals surface area contributed by atoms with Crippen molar-refractivity contribution in [3.05, 3.63) is 42.0 Å². The number of benzene rings is 1. The van der Waals surface area contributed by atoms with Crippen molar-refractivity contribution in [2.24, 2.45) is 5.73 Å². The molecular weight excluding hydrogens is 272 g/mol. The number of aromatic nitrogens is 3. The fourth-order valence-corrected chi connectivity index (χ4v) is 2.63. The summed E-state index contributed by atoms with van der Waals surface area (Å²) in [6.45, 7) is 3.71. The molecule has 0 aliphatic heterocycles. The first-order valence-corrected chi connectivity index (χ1v) is 7.33. The number of nitrogens with one attached hydrogen (secondary N) is 1. The lowest BCUT2D eigenvalue weighted by Crippen LogP contribution is -2.30. The standard InChI is InChI=1S/C14H16N4OS/c1-14(2,15)13-17-11(19-18-13)8-20-12-7-9-5-3-4-6-10(9)16-12/h3-7,16H,8,15H2,1-2H3. The lowest BCUT2D eigenvalue weighted by Gasteiger charge is -2.11. The van der Waals surface area contributed by atoms with Gasteiger partial charge >= 0.3 is 0 Å². The number of nitrogens with two attached hydrogens (primary N) is 1. The predicted octanol–water partition coefficient (Wildman–Crippen LogP) is 3.04. The topological polar surface area (TPSA) is 80.7 Å². The fourth-order valence-electron chi connectivity index (χ4n) is 1.84. The van der Waals surface area contributed by atoms with Crippen LogP contribution in [0.2, 0.25) is 0 Å². The molecule has 6 heteroatoms. The predicted molar refractivity (Wildman–Crippen MR) is 79.4 cm³/mol. The summed E-state index contributed by atoms with van der Waals surface area (Å²) in [6, 6.07) is 10.3. The second-order valence-corrected chi connectivity index (χ2v) is 6.26. The summed E-state index contributed by atoms with van der Waals surface area (Å²) in [5, 5.41) is 6.19. The van der Waals surface area contributed by atoms with Gasteiger partial charge < -0.3 is 15.2 Å². The summed E-state index contributed by atoms with van der Waals surface area (Å²) in [4.78, 5) is 7.66. The van der Waals surface area contributed by atoms with Crippen LogP contribution in [0.25, 0.3) is 10.9 Å². The van der Waals surface area contributed by atoms with Crippen molar-refractivity contribution in [3.63, 3.8) is 0 Å². The lowest BCUT2D eigenvalue weighted by atomic mass is 10.1. The zero-order valence-corrected chi connectivity index (χ0v) is 12.2. The molecule has 3 rings (SSSR count). The number of nitrogens with zero attached hydrogens (tertiary/aromatic N) is 2. The van der Waals surface area contributed by atoms with Gasteiger partial charge in [0.2, 0.25) is 5.89 Å². The van der Waals surface area contributed by atoms with Crippen molar-refractivity contribution >= 4 is 22.7 Å². The first kappa shape index (κ1) is 13.2. The molecular formula is C14H16N4OS. The molecule has 0 fully saturated rings. The molecule has 0 spiro atoms. The Morgan fingerprint density at radius 3 is 2.85 bits per heavy atom. The number of aromatic amines is 1. The Hall–Kier alpha value is -1.79. The van der Waals surface area contributed by atoms with Crippen LogP contribution in [0.1, 0.15) is 25.6 Å². The highest BCUT2D eigenvalue weighted by Crippen LogP contribution is 2.26. The van der Waals surface area contributed by atoms with Crippen LogP contribution in [0.15, 0.2) is 39.9 Å². The van der Waals surface area contributed by atoms with Crippen LogP contribution in [0.4, 0.5) is 0 Å². The van der Waals surface area contributed by atoms with Gasteiger partial charge in [0.25, 0.3) is 0 Å². The summed E-state index contributed by atoms with van der Waals surface area (Å²) in [6.07, 6.45) is 0. The van der Waals surface area contributed by atoms with Crippen LogP contribution in [0, 0.1) is 0 Å². The van der Waals surface area contributed by atoms with Gasteiger partial charge in [-0.2, -0.15) is 4.98 Å². The zero-order valence-electron chi connectivity index (χ0n) is 11.4. The Morgan fingerprint density at radius 2 is 2.15 bits per heavy atom. The maximum atomic E-state index is 5.93. The molecule has 104 valence electrons. The van der Waals surface area contributed by atoms with Crippen molar-refractivity contribution < 1.29 is 4.52 Å². The van der Waals surface area contributed by atoms with Crippen LogP contribution in [-0.4, -0.2) is 15.1 Å². The van der Waals surface area contributed by atoms with Gasteiger partial charge in [-0.1, -0.05) is 35.1 Å². The molecule has 0 aliphatic rings. The molecule has 0 amide bonds. The summed E-state index contributed by atoms with van der Waals surface area (Å²) < 4.78 is 5.21. The second-order valence-electron chi connectivity index (χ2n) is 5.24. The van der Waals surface area contributed by atoms with Gasteiger partial charge in [-0.3, -0.25) is 0 Å². The Bertz CT molecular complexity index is 693. The quantitative estimate of drug-likeness (QED) is 0.721. The van der Waals surface area contributed by atoms with Crippen molar-refractivity contribution in [2.75, 3.05) is 0 Å². The van der Waals surface area contributed by atoms with Crippen LogP contribution < -0.4 is 5.73 Å². The molecule has 3 N–H and O–H groups in total. The van der Waals surface area contributed by atoms with E-state index in [1.165, 1.54) is 5.39 Å². The molecule has 20 heavy (non-hydrogen) atoms. The maximum absolute atomic E-state index is 5.93. The number of para-hydroxylation sites is 1. The average Bonchev–Trinajstić information content (AvgIpc) is 3.02. The van der Waals surface area contributed by atoms with Gasteiger partial charge in [0.15, 0.2) is 5.82 Å². The van der Waals surface area contributed by atoms with E-state index >= 15 is 0 Å². The SMILES string of the molecule is CC(C)(N)c1noc(CSc2cc3ccccc3[nH]2)n1. The summed E-state index contributed by atoms with van der Waals surface area (Å²) in [5.74, 6) is 1.74. The van der Waals surface area contributed by atoms with Gasteiger partial charge in [-0.05, 0) is 26.0 Å². The van der Waals surface area contributed by atoms with Gasteiger partial charge in [0.1, 0.15) is 0 Å². The van der Waals surface area contributed by atoms with E-state index in [2.05, 4.69) is 33.3 Å². The molecule has 2 heterocycles. The highest BCUT2D eigenvalue weighted by atomic mass is 32.2. The van der Waals surface area contributed by atoms with Crippen LogP contribution >= 0.6 is 11.8 Å². The molecule has 5 nitrogen and oxygen atoms in total. The minimum atomic E-state index is -0.576. The molecule has 0 aliphatic carbocycles. The Balaban J connectivity index is 1.71. The van der Waals surface area contributed by atoms with E-state index in [1.54, 1.807) is 11.8 Å². The number of hydrogen-bond acceptors (Lipinski definition) is 5. The number of thioether (sulfide) groups is 1. The van der Waals surface area contributed by atoms with E-state index in [0.29, 0.717) is 17.5 Å². The molecule has 0 saturated carbocycles. The molecule has 3 aromatic rings. The summed E-state index contributed by atoms with van der Waals surface area (Å²) in [5.41, 5.74) is 6.48. The Kier molecular flexibility index (Phi) is 3.27. The molecule has 0 atom stereocenters. The molecule has 0 radical (unpaired) electrons. The lowest BCUT2D eigenvalue weighted by molar-refractivity contribution is 0.370. The zero-order chi connectivity index (χ0) is 14.2. The van der Waals surface area contributed by atoms with Crippen molar-refractivity contribution in [1.29, 1.82) is 0 Å². The normalized spacial score (nSPS) is 12.2. The van der Waals surface area contributed by atoms with E-state index in [0.717, 1.165) is 10.5 Å². The largest absolute Gasteiger partial charge is 0.350 e. The van der Waals surface area contributed by atoms with E-state index in [4.69, 9.17) is 10.3 Å². The average molecular weight is 288 g/mol. The molecule has 1 aromatic carbocycles.